The summed E-state index contributed by atoms with van der Waals surface area (Å²) >= 11 is 0. The molecule has 1 fully saturated rings. The van der Waals surface area contributed by atoms with Gasteiger partial charge in [-0.2, -0.15) is 0 Å². The standard InChI is InChI=1S/C5H8O4/c1-2-3(6)4(7)5(8)9-2/h2-4,6-7H,1H3/t2-,3+,4-/m1/s1. The van der Waals surface area contributed by atoms with E-state index < -0.39 is 24.3 Å². The fourth-order valence-corrected chi connectivity index (χ4v) is 0.719. The minimum absolute atomic E-state index is 0.576. The van der Waals surface area contributed by atoms with Crippen LogP contribution in [0.1, 0.15) is 6.92 Å². The second kappa shape index (κ2) is 1.97. The molecule has 0 spiro atoms. The van der Waals surface area contributed by atoms with E-state index in [9.17, 15) is 4.79 Å². The molecule has 4 nitrogen and oxygen atoms in total. The van der Waals surface area contributed by atoms with Crippen LogP contribution >= 0.6 is 0 Å². The Morgan fingerprint density at radius 3 is 2.22 bits per heavy atom. The van der Waals surface area contributed by atoms with Crippen molar-refractivity contribution in [1.29, 1.82) is 0 Å². The topological polar surface area (TPSA) is 66.8 Å². The van der Waals surface area contributed by atoms with Crippen LogP contribution in [-0.2, 0) is 9.53 Å². The molecule has 0 amide bonds. The maximum absolute atomic E-state index is 10.4. The van der Waals surface area contributed by atoms with Gasteiger partial charge >= 0.3 is 5.97 Å². The van der Waals surface area contributed by atoms with Crippen LogP contribution in [0.5, 0.6) is 0 Å². The average Bonchev–Trinajstić information content (AvgIpc) is 1.98. The molecule has 52 valence electrons. The lowest BCUT2D eigenvalue weighted by Gasteiger charge is -2.04. The monoisotopic (exact) mass is 132 g/mol. The van der Waals surface area contributed by atoms with Gasteiger partial charge in [0.2, 0.25) is 0 Å². The van der Waals surface area contributed by atoms with Crippen molar-refractivity contribution < 1.29 is 19.7 Å². The van der Waals surface area contributed by atoms with Crippen LogP contribution in [0.15, 0.2) is 0 Å². The maximum Gasteiger partial charge on any atom is 0.338 e. The number of carbonyl (C=O) groups excluding carboxylic acids is 1. The SMILES string of the molecule is C[C@H]1OC(=O)[C@H](O)[C@H]1O. The molecule has 1 aliphatic rings. The molecule has 4 heteroatoms. The first-order valence-corrected chi connectivity index (χ1v) is 2.69. The molecule has 1 aliphatic heterocycles. The first-order chi connectivity index (χ1) is 4.13. The lowest BCUT2D eigenvalue weighted by molar-refractivity contribution is -0.146. The highest BCUT2D eigenvalue weighted by Gasteiger charge is 2.39. The Hall–Kier alpha value is -0.610. The summed E-state index contributed by atoms with van der Waals surface area (Å²) in [5.74, 6) is -0.741. The van der Waals surface area contributed by atoms with E-state index >= 15 is 0 Å². The third kappa shape index (κ3) is 0.906. The number of cyclic esters (lactones) is 1. The predicted octanol–water partition coefficient (Wildman–Crippen LogP) is -1.35. The quantitative estimate of drug-likeness (QED) is 0.400. The fraction of sp³-hybridized carbons (Fsp3) is 0.800. The predicted molar refractivity (Wildman–Crippen MR) is 27.6 cm³/mol. The highest BCUT2D eigenvalue weighted by molar-refractivity contribution is 5.77. The number of ether oxygens (including phenoxy) is 1. The summed E-state index contributed by atoms with van der Waals surface area (Å²) in [6, 6.07) is 0. The summed E-state index contributed by atoms with van der Waals surface area (Å²) in [4.78, 5) is 10.4. The Kier molecular flexibility index (Phi) is 1.42. The molecule has 1 heterocycles. The van der Waals surface area contributed by atoms with E-state index in [1.807, 2.05) is 0 Å². The third-order valence-corrected chi connectivity index (χ3v) is 1.35. The van der Waals surface area contributed by atoms with Crippen molar-refractivity contribution in [2.75, 3.05) is 0 Å². The molecule has 1 saturated heterocycles. The van der Waals surface area contributed by atoms with E-state index in [-0.39, 0.29) is 0 Å². The van der Waals surface area contributed by atoms with Crippen molar-refractivity contribution in [3.63, 3.8) is 0 Å². The van der Waals surface area contributed by atoms with Crippen LogP contribution in [0, 0.1) is 0 Å². The molecule has 0 aliphatic carbocycles. The summed E-state index contributed by atoms with van der Waals surface area (Å²) < 4.78 is 4.45. The highest BCUT2D eigenvalue weighted by Crippen LogP contribution is 2.14. The van der Waals surface area contributed by atoms with Crippen molar-refractivity contribution in [3.8, 4) is 0 Å². The largest absolute Gasteiger partial charge is 0.458 e. The first kappa shape index (κ1) is 6.51. The number of carbonyl (C=O) groups is 1. The molecule has 0 unspecified atom stereocenters. The van der Waals surface area contributed by atoms with E-state index in [1.54, 1.807) is 0 Å². The minimum Gasteiger partial charge on any atom is -0.458 e. The van der Waals surface area contributed by atoms with Gasteiger partial charge in [-0.3, -0.25) is 0 Å². The lowest BCUT2D eigenvalue weighted by Crippen LogP contribution is -2.29. The van der Waals surface area contributed by atoms with E-state index in [1.165, 1.54) is 6.92 Å². The number of rotatable bonds is 0. The Bertz CT molecular complexity index is 133. The number of hydrogen-bond donors (Lipinski definition) is 2. The number of aliphatic hydroxyl groups is 2. The molecule has 0 bridgehead atoms. The smallest absolute Gasteiger partial charge is 0.338 e. The normalized spacial score (nSPS) is 43.0. The average molecular weight is 132 g/mol. The summed E-state index contributed by atoms with van der Waals surface area (Å²) in [7, 11) is 0. The summed E-state index contributed by atoms with van der Waals surface area (Å²) in [6.07, 6.45) is -2.98. The van der Waals surface area contributed by atoms with Crippen LogP contribution in [0.4, 0.5) is 0 Å². The summed E-state index contributed by atoms with van der Waals surface area (Å²) in [5, 5.41) is 17.6. The Labute approximate surface area is 52.1 Å². The molecule has 3 atom stereocenters. The van der Waals surface area contributed by atoms with Crippen LogP contribution in [-0.4, -0.2) is 34.5 Å². The van der Waals surface area contributed by atoms with Gasteiger partial charge in [0, 0.05) is 0 Å². The molecule has 0 saturated carbocycles. The molecule has 0 radical (unpaired) electrons. The van der Waals surface area contributed by atoms with E-state index in [2.05, 4.69) is 4.74 Å². The van der Waals surface area contributed by atoms with Crippen molar-refractivity contribution in [1.82, 2.24) is 0 Å². The van der Waals surface area contributed by atoms with Crippen LogP contribution in [0.2, 0.25) is 0 Å². The molecule has 2 N–H and O–H groups in total. The van der Waals surface area contributed by atoms with Gasteiger partial charge in [-0.1, -0.05) is 0 Å². The van der Waals surface area contributed by atoms with Gasteiger partial charge in [0.05, 0.1) is 0 Å². The highest BCUT2D eigenvalue weighted by atomic mass is 16.6. The number of hydrogen-bond acceptors (Lipinski definition) is 4. The minimum atomic E-state index is -1.35. The van der Waals surface area contributed by atoms with Gasteiger partial charge in [-0.25, -0.2) is 4.79 Å². The van der Waals surface area contributed by atoms with Gasteiger partial charge in [-0.15, -0.1) is 0 Å². The van der Waals surface area contributed by atoms with Gasteiger partial charge in [-0.05, 0) is 6.92 Å². The van der Waals surface area contributed by atoms with Crippen LogP contribution in [0.3, 0.4) is 0 Å². The molecular weight excluding hydrogens is 124 g/mol. The Morgan fingerprint density at radius 2 is 2.11 bits per heavy atom. The fourth-order valence-electron chi connectivity index (χ4n) is 0.719. The van der Waals surface area contributed by atoms with Gasteiger partial charge in [0.15, 0.2) is 6.10 Å². The van der Waals surface area contributed by atoms with Crippen LogP contribution < -0.4 is 0 Å². The van der Waals surface area contributed by atoms with E-state index in [4.69, 9.17) is 10.2 Å². The molecular formula is C5H8O4. The Morgan fingerprint density at radius 1 is 1.56 bits per heavy atom. The Balaban J connectivity index is 2.65. The van der Waals surface area contributed by atoms with Crippen molar-refractivity contribution >= 4 is 5.97 Å². The van der Waals surface area contributed by atoms with Crippen molar-refractivity contribution in [2.24, 2.45) is 0 Å². The molecule has 0 aromatic rings. The van der Waals surface area contributed by atoms with Gasteiger partial charge < -0.3 is 14.9 Å². The van der Waals surface area contributed by atoms with E-state index in [0.717, 1.165) is 0 Å². The van der Waals surface area contributed by atoms with Crippen molar-refractivity contribution in [2.45, 2.75) is 25.2 Å². The second-order valence-electron chi connectivity index (χ2n) is 2.08. The molecule has 9 heavy (non-hydrogen) atoms. The zero-order valence-corrected chi connectivity index (χ0v) is 4.94. The summed E-state index contributed by atoms with van der Waals surface area (Å²) in [5.41, 5.74) is 0. The van der Waals surface area contributed by atoms with Gasteiger partial charge in [0.25, 0.3) is 0 Å². The van der Waals surface area contributed by atoms with Crippen molar-refractivity contribution in [3.05, 3.63) is 0 Å². The van der Waals surface area contributed by atoms with E-state index in [0.29, 0.717) is 0 Å². The lowest BCUT2D eigenvalue weighted by atomic mass is 10.2. The van der Waals surface area contributed by atoms with Crippen LogP contribution in [0.25, 0.3) is 0 Å². The molecule has 0 aromatic carbocycles. The number of esters is 1. The molecule has 0 aromatic heterocycles. The number of aliphatic hydroxyl groups excluding tert-OH is 2. The second-order valence-corrected chi connectivity index (χ2v) is 2.08. The zero-order chi connectivity index (χ0) is 7.02. The molecule has 1 rings (SSSR count). The first-order valence-electron chi connectivity index (χ1n) is 2.69. The third-order valence-electron chi connectivity index (χ3n) is 1.35. The van der Waals surface area contributed by atoms with Gasteiger partial charge in [0.1, 0.15) is 12.2 Å². The zero-order valence-electron chi connectivity index (χ0n) is 4.94. The summed E-state index contributed by atoms with van der Waals surface area (Å²) in [6.45, 7) is 1.53. The maximum atomic E-state index is 10.4.